The first-order chi connectivity index (χ1) is 6.34. The number of rotatable bonds is 1. The van der Waals surface area contributed by atoms with Crippen LogP contribution in [0, 0.1) is 0 Å². The van der Waals surface area contributed by atoms with Gasteiger partial charge >= 0.3 is 0 Å². The van der Waals surface area contributed by atoms with Crippen molar-refractivity contribution >= 4 is 5.52 Å². The van der Waals surface area contributed by atoms with E-state index in [0.717, 1.165) is 11.1 Å². The number of nitrogens with zero attached hydrogens (tertiary/aromatic N) is 2. The van der Waals surface area contributed by atoms with E-state index in [4.69, 9.17) is 0 Å². The van der Waals surface area contributed by atoms with Gasteiger partial charge < -0.3 is 4.40 Å². The number of pyridine rings is 1. The van der Waals surface area contributed by atoms with E-state index in [1.54, 1.807) is 12.5 Å². The Morgan fingerprint density at radius 2 is 2.38 bits per heavy atom. The lowest BCUT2D eigenvalue weighted by atomic mass is 10.1. The van der Waals surface area contributed by atoms with Gasteiger partial charge in [-0.1, -0.05) is 0 Å². The van der Waals surface area contributed by atoms with Gasteiger partial charge in [-0.15, -0.1) is 0 Å². The molecule has 2 nitrogen and oxygen atoms in total. The predicted octanol–water partition coefficient (Wildman–Crippen LogP) is 2.16. The molecule has 3 rings (SSSR count). The first-order valence-corrected chi connectivity index (χ1v) is 4.40. The van der Waals surface area contributed by atoms with Crippen molar-refractivity contribution in [3.8, 4) is 0 Å². The van der Waals surface area contributed by atoms with Crippen molar-refractivity contribution in [1.29, 1.82) is 0 Å². The molecule has 2 aromatic heterocycles. The molecule has 0 aromatic carbocycles. The molecule has 2 atom stereocenters. The molecule has 3 heteroatoms. The van der Waals surface area contributed by atoms with Gasteiger partial charge in [0.1, 0.15) is 6.17 Å². The highest BCUT2D eigenvalue weighted by molar-refractivity contribution is 5.48. The Kier molecular flexibility index (Phi) is 1.26. The molecule has 0 bridgehead atoms. The molecular weight excluding hydrogens is 167 g/mol. The summed E-state index contributed by atoms with van der Waals surface area (Å²) < 4.78 is 14.7. The smallest absolute Gasteiger partial charge is 0.108 e. The summed E-state index contributed by atoms with van der Waals surface area (Å²) in [7, 11) is 0. The van der Waals surface area contributed by atoms with Crippen LogP contribution in [-0.4, -0.2) is 15.6 Å². The van der Waals surface area contributed by atoms with Crippen molar-refractivity contribution in [2.24, 2.45) is 0 Å². The maximum absolute atomic E-state index is 12.8. The second-order valence-corrected chi connectivity index (χ2v) is 3.54. The van der Waals surface area contributed by atoms with Crippen molar-refractivity contribution in [3.63, 3.8) is 0 Å². The molecule has 66 valence electrons. The average molecular weight is 176 g/mol. The number of hydrogen-bond acceptors (Lipinski definition) is 1. The second kappa shape index (κ2) is 2.31. The Balaban J connectivity index is 2.10. The molecular formula is C10H9FN2. The zero-order chi connectivity index (χ0) is 8.84. The normalized spacial score (nSPS) is 26.5. The number of alkyl halides is 1. The van der Waals surface area contributed by atoms with E-state index in [2.05, 4.69) is 4.98 Å². The van der Waals surface area contributed by atoms with Gasteiger partial charge in [-0.05, 0) is 24.1 Å². The van der Waals surface area contributed by atoms with Crippen molar-refractivity contribution in [1.82, 2.24) is 9.38 Å². The van der Waals surface area contributed by atoms with Gasteiger partial charge in [-0.2, -0.15) is 0 Å². The lowest BCUT2D eigenvalue weighted by Gasteiger charge is -1.98. The van der Waals surface area contributed by atoms with Crippen molar-refractivity contribution in [2.45, 2.75) is 18.5 Å². The van der Waals surface area contributed by atoms with E-state index in [1.807, 2.05) is 22.7 Å². The Bertz CT molecular complexity index is 449. The molecule has 13 heavy (non-hydrogen) atoms. The maximum Gasteiger partial charge on any atom is 0.108 e. The standard InChI is InChI=1S/C10H9FN2/c11-10-4-9(10)7-1-2-13-6-12-5-8(13)3-7/h1-3,5-6,9-10H,4H2/t9-,10+/m0/s1. The fraction of sp³-hybridized carbons (Fsp3) is 0.300. The SMILES string of the molecule is F[C@@H]1C[C@H]1c1ccn2cncc2c1. The van der Waals surface area contributed by atoms with Crippen LogP contribution in [0.1, 0.15) is 17.9 Å². The van der Waals surface area contributed by atoms with Gasteiger partial charge in [0.25, 0.3) is 0 Å². The van der Waals surface area contributed by atoms with Gasteiger partial charge in [0, 0.05) is 12.1 Å². The summed E-state index contributed by atoms with van der Waals surface area (Å²) in [5.74, 6) is 0.139. The Labute approximate surface area is 75.0 Å². The monoisotopic (exact) mass is 176 g/mol. The van der Waals surface area contributed by atoms with Gasteiger partial charge in [0.15, 0.2) is 0 Å². The molecule has 1 saturated carbocycles. The summed E-state index contributed by atoms with van der Waals surface area (Å²) in [4.78, 5) is 4.01. The fourth-order valence-corrected chi connectivity index (χ4v) is 1.68. The average Bonchev–Trinajstić information content (AvgIpc) is 2.70. The minimum Gasteiger partial charge on any atom is -0.306 e. The maximum atomic E-state index is 12.8. The van der Waals surface area contributed by atoms with Crippen LogP contribution < -0.4 is 0 Å². The highest BCUT2D eigenvalue weighted by atomic mass is 19.1. The van der Waals surface area contributed by atoms with Gasteiger partial charge in [-0.3, -0.25) is 0 Å². The zero-order valence-corrected chi connectivity index (χ0v) is 7.02. The van der Waals surface area contributed by atoms with E-state index in [0.29, 0.717) is 6.42 Å². The summed E-state index contributed by atoms with van der Waals surface area (Å²) in [6.07, 6.45) is 5.54. The van der Waals surface area contributed by atoms with E-state index in [1.165, 1.54) is 0 Å². The topological polar surface area (TPSA) is 17.3 Å². The van der Waals surface area contributed by atoms with E-state index in [-0.39, 0.29) is 5.92 Å². The lowest BCUT2D eigenvalue weighted by molar-refractivity contribution is 0.468. The van der Waals surface area contributed by atoms with Crippen molar-refractivity contribution in [3.05, 3.63) is 36.4 Å². The van der Waals surface area contributed by atoms with Gasteiger partial charge in [0.05, 0.1) is 18.0 Å². The van der Waals surface area contributed by atoms with Crippen LogP contribution in [0.5, 0.6) is 0 Å². The van der Waals surface area contributed by atoms with Crippen LogP contribution in [-0.2, 0) is 0 Å². The minimum absolute atomic E-state index is 0.139. The number of halogens is 1. The Hall–Kier alpha value is -1.38. The number of fused-ring (bicyclic) bond motifs is 1. The van der Waals surface area contributed by atoms with Crippen LogP contribution in [0.2, 0.25) is 0 Å². The van der Waals surface area contributed by atoms with Crippen LogP contribution in [0.25, 0.3) is 5.52 Å². The lowest BCUT2D eigenvalue weighted by Crippen LogP contribution is -1.86. The molecule has 0 unspecified atom stereocenters. The highest BCUT2D eigenvalue weighted by Gasteiger charge is 2.38. The molecule has 0 radical (unpaired) electrons. The van der Waals surface area contributed by atoms with Gasteiger partial charge in [0.2, 0.25) is 0 Å². The van der Waals surface area contributed by atoms with Crippen LogP contribution in [0.15, 0.2) is 30.9 Å². The molecule has 0 N–H and O–H groups in total. The molecule has 1 fully saturated rings. The summed E-state index contributed by atoms with van der Waals surface area (Å²) in [6, 6.07) is 3.98. The zero-order valence-electron chi connectivity index (χ0n) is 7.02. The summed E-state index contributed by atoms with van der Waals surface area (Å²) in [5, 5.41) is 0. The molecule has 1 aliphatic rings. The van der Waals surface area contributed by atoms with Crippen molar-refractivity contribution < 1.29 is 4.39 Å². The highest BCUT2D eigenvalue weighted by Crippen LogP contribution is 2.43. The third-order valence-corrected chi connectivity index (χ3v) is 2.58. The molecule has 2 aromatic rings. The Morgan fingerprint density at radius 1 is 1.54 bits per heavy atom. The summed E-state index contributed by atoms with van der Waals surface area (Å²) >= 11 is 0. The number of aromatic nitrogens is 2. The molecule has 2 heterocycles. The molecule has 0 aliphatic heterocycles. The minimum atomic E-state index is -0.620. The van der Waals surface area contributed by atoms with Crippen LogP contribution in [0.4, 0.5) is 4.39 Å². The quantitative estimate of drug-likeness (QED) is 0.650. The summed E-state index contributed by atoms with van der Waals surface area (Å²) in [6.45, 7) is 0. The van der Waals surface area contributed by atoms with E-state index < -0.39 is 6.17 Å². The van der Waals surface area contributed by atoms with Gasteiger partial charge in [-0.25, -0.2) is 9.37 Å². The predicted molar refractivity (Wildman–Crippen MR) is 47.4 cm³/mol. The molecule has 0 saturated heterocycles. The largest absolute Gasteiger partial charge is 0.306 e. The molecule has 1 aliphatic carbocycles. The molecule has 0 amide bonds. The third-order valence-electron chi connectivity index (χ3n) is 2.58. The second-order valence-electron chi connectivity index (χ2n) is 3.54. The number of hydrogen-bond donors (Lipinski definition) is 0. The van der Waals surface area contributed by atoms with E-state index >= 15 is 0 Å². The first-order valence-electron chi connectivity index (χ1n) is 4.40. The fourth-order valence-electron chi connectivity index (χ4n) is 1.68. The molecule has 0 spiro atoms. The third kappa shape index (κ3) is 1.03. The Morgan fingerprint density at radius 3 is 3.15 bits per heavy atom. The summed E-state index contributed by atoms with van der Waals surface area (Å²) in [5.41, 5.74) is 2.14. The first kappa shape index (κ1) is 7.06. The number of imidazole rings is 1. The van der Waals surface area contributed by atoms with Crippen LogP contribution >= 0.6 is 0 Å². The van der Waals surface area contributed by atoms with E-state index in [9.17, 15) is 4.39 Å². The van der Waals surface area contributed by atoms with Crippen LogP contribution in [0.3, 0.4) is 0 Å². The van der Waals surface area contributed by atoms with Crippen molar-refractivity contribution in [2.75, 3.05) is 0 Å².